The first-order chi connectivity index (χ1) is 10.2. The Kier molecular flexibility index (Phi) is 3.98. The van der Waals surface area contributed by atoms with E-state index in [1.54, 1.807) is 18.2 Å². The van der Waals surface area contributed by atoms with E-state index in [-0.39, 0.29) is 12.5 Å². The zero-order chi connectivity index (χ0) is 14.7. The van der Waals surface area contributed by atoms with E-state index in [9.17, 15) is 9.90 Å². The number of rotatable bonds is 3. The van der Waals surface area contributed by atoms with Gasteiger partial charge < -0.3 is 24.6 Å². The third-order valence-electron chi connectivity index (χ3n) is 3.94. The molecule has 2 aliphatic heterocycles. The van der Waals surface area contributed by atoms with Gasteiger partial charge in [-0.15, -0.1) is 0 Å². The molecule has 2 aliphatic rings. The average molecular weight is 293 g/mol. The van der Waals surface area contributed by atoms with Crippen LogP contribution < -0.4 is 14.8 Å². The van der Waals surface area contributed by atoms with Crippen molar-refractivity contribution in [2.75, 3.05) is 33.0 Å². The lowest BCUT2D eigenvalue weighted by Gasteiger charge is -2.36. The second kappa shape index (κ2) is 5.91. The minimum Gasteiger partial charge on any atom is -0.486 e. The van der Waals surface area contributed by atoms with E-state index >= 15 is 0 Å². The van der Waals surface area contributed by atoms with Crippen molar-refractivity contribution in [2.45, 2.75) is 18.4 Å². The summed E-state index contributed by atoms with van der Waals surface area (Å²) in [6, 6.07) is 5.24. The predicted octanol–water partition coefficient (Wildman–Crippen LogP) is 0.729. The maximum Gasteiger partial charge on any atom is 0.255 e. The van der Waals surface area contributed by atoms with Crippen LogP contribution in [0.5, 0.6) is 11.5 Å². The normalized spacial score (nSPS) is 19.9. The predicted molar refractivity (Wildman–Crippen MR) is 74.8 cm³/mol. The summed E-state index contributed by atoms with van der Waals surface area (Å²) in [4.78, 5) is 12.6. The van der Waals surface area contributed by atoms with Crippen molar-refractivity contribution in [1.82, 2.24) is 5.32 Å². The molecule has 1 amide bonds. The number of aliphatic hydroxyl groups is 1. The molecule has 0 aromatic heterocycles. The number of carbonyl (C=O) groups excluding carboxylic acids is 1. The van der Waals surface area contributed by atoms with Gasteiger partial charge in [0.25, 0.3) is 5.91 Å². The van der Waals surface area contributed by atoms with Gasteiger partial charge in [-0.25, -0.2) is 0 Å². The zero-order valence-corrected chi connectivity index (χ0v) is 11.8. The second-order valence-corrected chi connectivity index (χ2v) is 5.33. The van der Waals surface area contributed by atoms with E-state index in [1.165, 1.54) is 0 Å². The molecule has 0 unspecified atom stereocenters. The van der Waals surface area contributed by atoms with Crippen molar-refractivity contribution < 1.29 is 24.1 Å². The van der Waals surface area contributed by atoms with Crippen LogP contribution in [-0.4, -0.2) is 49.6 Å². The Morgan fingerprint density at radius 1 is 1.19 bits per heavy atom. The summed E-state index contributed by atoms with van der Waals surface area (Å²) >= 11 is 0. The molecule has 114 valence electrons. The number of fused-ring (bicyclic) bond motifs is 1. The molecule has 1 fully saturated rings. The van der Waals surface area contributed by atoms with E-state index in [2.05, 4.69) is 5.32 Å². The molecule has 1 aromatic rings. The van der Waals surface area contributed by atoms with E-state index in [1.807, 2.05) is 0 Å². The van der Waals surface area contributed by atoms with Crippen molar-refractivity contribution in [3.05, 3.63) is 23.8 Å². The number of ether oxygens (including phenoxy) is 3. The summed E-state index contributed by atoms with van der Waals surface area (Å²) in [5.41, 5.74) is -0.181. The van der Waals surface area contributed by atoms with Gasteiger partial charge in [0.2, 0.25) is 0 Å². The minimum absolute atomic E-state index is 0.103. The lowest BCUT2D eigenvalue weighted by Crippen LogP contribution is -2.54. The number of amides is 1. The number of hydrogen-bond acceptors (Lipinski definition) is 5. The van der Waals surface area contributed by atoms with E-state index in [0.717, 1.165) is 0 Å². The number of nitrogens with one attached hydrogen (secondary N) is 1. The van der Waals surface area contributed by atoms with E-state index in [0.29, 0.717) is 56.3 Å². The molecular weight excluding hydrogens is 274 g/mol. The quantitative estimate of drug-likeness (QED) is 0.859. The summed E-state index contributed by atoms with van der Waals surface area (Å²) in [5.74, 6) is 0.800. The van der Waals surface area contributed by atoms with Crippen LogP contribution in [0.1, 0.15) is 23.2 Å². The first kappa shape index (κ1) is 14.2. The summed E-state index contributed by atoms with van der Waals surface area (Å²) in [6.07, 6.45) is 1.20. The molecule has 0 radical (unpaired) electrons. The van der Waals surface area contributed by atoms with Gasteiger partial charge in [-0.2, -0.15) is 0 Å². The van der Waals surface area contributed by atoms with Gasteiger partial charge in [0.15, 0.2) is 11.5 Å². The fourth-order valence-electron chi connectivity index (χ4n) is 2.65. The van der Waals surface area contributed by atoms with Gasteiger partial charge in [0.05, 0.1) is 17.7 Å². The van der Waals surface area contributed by atoms with Crippen molar-refractivity contribution in [3.63, 3.8) is 0 Å². The Morgan fingerprint density at radius 2 is 1.95 bits per heavy atom. The van der Waals surface area contributed by atoms with Crippen molar-refractivity contribution in [2.24, 2.45) is 0 Å². The van der Waals surface area contributed by atoms with Crippen molar-refractivity contribution >= 4 is 5.91 Å². The molecule has 2 heterocycles. The maximum atomic E-state index is 12.6. The lowest BCUT2D eigenvalue weighted by atomic mass is 9.90. The molecule has 21 heavy (non-hydrogen) atoms. The van der Waals surface area contributed by atoms with Crippen LogP contribution in [0.2, 0.25) is 0 Å². The van der Waals surface area contributed by atoms with Crippen LogP contribution in [0, 0.1) is 0 Å². The van der Waals surface area contributed by atoms with E-state index < -0.39 is 5.54 Å². The minimum atomic E-state index is -0.617. The third-order valence-corrected chi connectivity index (χ3v) is 3.94. The molecule has 2 N–H and O–H groups in total. The zero-order valence-electron chi connectivity index (χ0n) is 11.8. The van der Waals surface area contributed by atoms with Crippen molar-refractivity contribution in [1.29, 1.82) is 0 Å². The monoisotopic (exact) mass is 293 g/mol. The summed E-state index contributed by atoms with van der Waals surface area (Å²) in [6.45, 7) is 1.88. The van der Waals surface area contributed by atoms with Gasteiger partial charge in [-0.3, -0.25) is 4.79 Å². The van der Waals surface area contributed by atoms with Gasteiger partial charge in [-0.05, 0) is 25.0 Å². The molecule has 3 rings (SSSR count). The standard InChI is InChI=1S/C15H19NO5/c17-10-15(4-6-19-7-5-15)16-14(18)11-2-1-3-12-13(11)21-9-8-20-12/h1-3,17H,4-10H2,(H,16,18). The molecule has 1 aromatic carbocycles. The molecule has 6 nitrogen and oxygen atoms in total. The Balaban J connectivity index is 1.82. The van der Waals surface area contributed by atoms with Crippen LogP contribution in [0.25, 0.3) is 0 Å². The highest BCUT2D eigenvalue weighted by molar-refractivity contribution is 5.98. The summed E-state index contributed by atoms with van der Waals surface area (Å²) < 4.78 is 16.3. The SMILES string of the molecule is O=C(NC1(CO)CCOCC1)c1cccc2c1OCCO2. The van der Waals surface area contributed by atoms with Gasteiger partial charge >= 0.3 is 0 Å². The smallest absolute Gasteiger partial charge is 0.255 e. The highest BCUT2D eigenvalue weighted by Crippen LogP contribution is 2.34. The molecular formula is C15H19NO5. The van der Waals surface area contributed by atoms with Gasteiger partial charge in [0.1, 0.15) is 13.2 Å². The molecule has 6 heteroatoms. The molecule has 1 saturated heterocycles. The van der Waals surface area contributed by atoms with E-state index in [4.69, 9.17) is 14.2 Å². The average Bonchev–Trinajstić information content (AvgIpc) is 2.55. The van der Waals surface area contributed by atoms with Crippen LogP contribution in [0.15, 0.2) is 18.2 Å². The second-order valence-electron chi connectivity index (χ2n) is 5.33. The fraction of sp³-hybridized carbons (Fsp3) is 0.533. The first-order valence-corrected chi connectivity index (χ1v) is 7.14. The highest BCUT2D eigenvalue weighted by Gasteiger charge is 2.34. The van der Waals surface area contributed by atoms with Crippen LogP contribution in [0.4, 0.5) is 0 Å². The topological polar surface area (TPSA) is 77.0 Å². The van der Waals surface area contributed by atoms with Crippen LogP contribution in [-0.2, 0) is 4.74 Å². The number of aliphatic hydroxyl groups excluding tert-OH is 1. The van der Waals surface area contributed by atoms with Crippen LogP contribution >= 0.6 is 0 Å². The largest absolute Gasteiger partial charge is 0.486 e. The molecule has 0 saturated carbocycles. The van der Waals surface area contributed by atoms with Crippen LogP contribution in [0.3, 0.4) is 0 Å². The Hall–Kier alpha value is -1.79. The third kappa shape index (κ3) is 2.82. The van der Waals surface area contributed by atoms with Crippen molar-refractivity contribution in [3.8, 4) is 11.5 Å². The number of para-hydroxylation sites is 1. The van der Waals surface area contributed by atoms with Gasteiger partial charge in [0, 0.05) is 13.2 Å². The molecule has 0 bridgehead atoms. The molecule has 0 spiro atoms. The number of hydrogen-bond donors (Lipinski definition) is 2. The molecule has 0 atom stereocenters. The maximum absolute atomic E-state index is 12.6. The lowest BCUT2D eigenvalue weighted by molar-refractivity contribution is 0.0124. The fourth-order valence-corrected chi connectivity index (χ4v) is 2.65. The first-order valence-electron chi connectivity index (χ1n) is 7.14. The summed E-state index contributed by atoms with van der Waals surface area (Å²) in [5, 5.41) is 12.6. The Bertz CT molecular complexity index is 525. The molecule has 0 aliphatic carbocycles. The number of benzene rings is 1. The Labute approximate surface area is 123 Å². The number of carbonyl (C=O) groups is 1. The summed E-state index contributed by atoms with van der Waals surface area (Å²) in [7, 11) is 0. The Morgan fingerprint density at radius 3 is 2.71 bits per heavy atom. The van der Waals surface area contributed by atoms with Gasteiger partial charge in [-0.1, -0.05) is 6.07 Å². The highest BCUT2D eigenvalue weighted by atomic mass is 16.6.